The highest BCUT2D eigenvalue weighted by Gasteiger charge is 2.29. The van der Waals surface area contributed by atoms with E-state index in [-0.39, 0.29) is 17.7 Å². The number of hydrogen-bond acceptors (Lipinski definition) is 2. The second-order valence-electron chi connectivity index (χ2n) is 8.20. The molecule has 0 unspecified atom stereocenters. The third kappa shape index (κ3) is 5.79. The fourth-order valence-electron chi connectivity index (χ4n) is 3.94. The Hall–Kier alpha value is -2.42. The van der Waals surface area contributed by atoms with Gasteiger partial charge in [-0.3, -0.25) is 9.59 Å². The molecule has 0 atom stereocenters. The van der Waals surface area contributed by atoms with Crippen LogP contribution in [-0.2, 0) is 22.6 Å². The van der Waals surface area contributed by atoms with Gasteiger partial charge in [0.05, 0.1) is 0 Å². The van der Waals surface area contributed by atoms with Crippen LogP contribution in [0.2, 0.25) is 0 Å². The van der Waals surface area contributed by atoms with Gasteiger partial charge in [0.15, 0.2) is 0 Å². The molecule has 1 aliphatic rings. The van der Waals surface area contributed by atoms with Crippen LogP contribution in [0.3, 0.4) is 0 Å². The number of nitrogens with one attached hydrogen (secondary N) is 1. The molecule has 0 bridgehead atoms. The van der Waals surface area contributed by atoms with Crippen molar-refractivity contribution in [2.24, 2.45) is 11.8 Å². The van der Waals surface area contributed by atoms with E-state index in [9.17, 15) is 9.59 Å². The van der Waals surface area contributed by atoms with E-state index >= 15 is 0 Å². The molecule has 28 heavy (non-hydrogen) atoms. The van der Waals surface area contributed by atoms with E-state index in [1.807, 2.05) is 0 Å². The maximum absolute atomic E-state index is 12.6. The van der Waals surface area contributed by atoms with E-state index in [1.54, 1.807) is 0 Å². The molecule has 1 aliphatic carbocycles. The lowest BCUT2D eigenvalue weighted by molar-refractivity contribution is -0.129. The quantitative estimate of drug-likeness (QED) is 0.744. The molecule has 0 aliphatic heterocycles. The third-order valence-electron chi connectivity index (χ3n) is 5.92. The van der Waals surface area contributed by atoms with Crippen molar-refractivity contribution in [1.29, 1.82) is 0 Å². The largest absolute Gasteiger partial charge is 0.352 e. The zero-order valence-corrected chi connectivity index (χ0v) is 17.0. The minimum atomic E-state index is 0.0478. The second kappa shape index (κ2) is 9.68. The molecule has 0 heterocycles. The van der Waals surface area contributed by atoms with Gasteiger partial charge in [0.25, 0.3) is 0 Å². The molecule has 0 saturated heterocycles. The Bertz CT molecular complexity index is 715. The predicted molar refractivity (Wildman–Crippen MR) is 113 cm³/mol. The zero-order valence-electron chi connectivity index (χ0n) is 17.0. The molecular formula is C25H31NO2. The van der Waals surface area contributed by atoms with Crippen LogP contribution in [0.15, 0.2) is 48.5 Å². The third-order valence-corrected chi connectivity index (χ3v) is 5.92. The number of carbonyl (C=O) groups excluding carboxylic acids is 2. The van der Waals surface area contributed by atoms with Gasteiger partial charge in [-0.05, 0) is 57.1 Å². The van der Waals surface area contributed by atoms with E-state index < -0.39 is 0 Å². The smallest absolute Gasteiger partial charge is 0.223 e. The van der Waals surface area contributed by atoms with Crippen LogP contribution in [0.1, 0.15) is 54.4 Å². The second-order valence-corrected chi connectivity index (χ2v) is 8.20. The van der Waals surface area contributed by atoms with Crippen molar-refractivity contribution in [3.63, 3.8) is 0 Å². The Labute approximate surface area is 168 Å². The molecule has 3 nitrogen and oxygen atoms in total. The lowest BCUT2D eigenvalue weighted by Gasteiger charge is -2.27. The summed E-state index contributed by atoms with van der Waals surface area (Å²) in [6.07, 6.45) is 4.75. The van der Waals surface area contributed by atoms with Crippen molar-refractivity contribution < 1.29 is 9.59 Å². The van der Waals surface area contributed by atoms with Crippen LogP contribution in [0.4, 0.5) is 0 Å². The number of carbonyl (C=O) groups is 2. The Morgan fingerprint density at radius 3 is 1.86 bits per heavy atom. The first-order valence-corrected chi connectivity index (χ1v) is 10.4. The molecule has 1 amide bonds. The summed E-state index contributed by atoms with van der Waals surface area (Å²) in [5.41, 5.74) is 4.82. The number of ketones is 1. The van der Waals surface area contributed by atoms with Crippen LogP contribution in [0, 0.1) is 25.7 Å². The SMILES string of the molecule is Cc1ccc(CCC(=O)C2CCC(C(=O)NCc3ccc(C)cc3)CC2)cc1. The van der Waals surface area contributed by atoms with E-state index in [2.05, 4.69) is 67.7 Å². The number of aryl methyl sites for hydroxylation is 3. The van der Waals surface area contributed by atoms with E-state index in [0.717, 1.165) is 37.7 Å². The van der Waals surface area contributed by atoms with Crippen LogP contribution in [-0.4, -0.2) is 11.7 Å². The fraction of sp³-hybridized carbons (Fsp3) is 0.440. The summed E-state index contributed by atoms with van der Waals surface area (Å²) in [4.78, 5) is 25.0. The summed E-state index contributed by atoms with van der Waals surface area (Å²) in [6.45, 7) is 4.71. The topological polar surface area (TPSA) is 46.2 Å². The molecule has 148 valence electrons. The minimum absolute atomic E-state index is 0.0478. The maximum atomic E-state index is 12.6. The number of rotatable bonds is 7. The first kappa shape index (κ1) is 20.3. The molecule has 2 aromatic carbocycles. The Balaban J connectivity index is 1.39. The summed E-state index contributed by atoms with van der Waals surface area (Å²) in [6, 6.07) is 16.7. The monoisotopic (exact) mass is 377 g/mol. The summed E-state index contributed by atoms with van der Waals surface area (Å²) >= 11 is 0. The van der Waals surface area contributed by atoms with Gasteiger partial charge < -0.3 is 5.32 Å². The Morgan fingerprint density at radius 1 is 0.786 bits per heavy atom. The van der Waals surface area contributed by atoms with Gasteiger partial charge in [-0.1, -0.05) is 59.7 Å². The van der Waals surface area contributed by atoms with Crippen molar-refractivity contribution in [2.75, 3.05) is 0 Å². The highest BCUT2D eigenvalue weighted by molar-refractivity contribution is 5.82. The fourth-order valence-corrected chi connectivity index (χ4v) is 3.94. The maximum Gasteiger partial charge on any atom is 0.223 e. The standard InChI is InChI=1S/C25H31NO2/c1-18-3-7-20(8-4-18)11-16-24(27)22-12-14-23(15-13-22)25(28)26-17-21-9-5-19(2)6-10-21/h3-10,22-23H,11-17H2,1-2H3,(H,26,28). The van der Waals surface area contributed by atoms with Gasteiger partial charge in [-0.25, -0.2) is 0 Å². The molecule has 2 aromatic rings. The van der Waals surface area contributed by atoms with Crippen molar-refractivity contribution in [2.45, 2.75) is 58.9 Å². The molecule has 1 fully saturated rings. The molecular weight excluding hydrogens is 346 g/mol. The van der Waals surface area contributed by atoms with Gasteiger partial charge in [0.1, 0.15) is 5.78 Å². The number of Topliss-reactive ketones (excluding diaryl/α,β-unsaturated/α-hetero) is 1. The highest BCUT2D eigenvalue weighted by atomic mass is 16.2. The predicted octanol–water partition coefficient (Wildman–Crippen LogP) is 4.93. The summed E-state index contributed by atoms with van der Waals surface area (Å²) in [7, 11) is 0. The van der Waals surface area contributed by atoms with Crippen molar-refractivity contribution in [1.82, 2.24) is 5.32 Å². The van der Waals surface area contributed by atoms with Crippen molar-refractivity contribution >= 4 is 11.7 Å². The lowest BCUT2D eigenvalue weighted by atomic mass is 9.78. The average Bonchev–Trinajstić information content (AvgIpc) is 2.72. The van der Waals surface area contributed by atoms with Crippen LogP contribution in [0.25, 0.3) is 0 Å². The normalized spacial score (nSPS) is 19.2. The first-order valence-electron chi connectivity index (χ1n) is 10.4. The van der Waals surface area contributed by atoms with Gasteiger partial charge in [-0.2, -0.15) is 0 Å². The highest BCUT2D eigenvalue weighted by Crippen LogP contribution is 2.30. The van der Waals surface area contributed by atoms with E-state index in [1.165, 1.54) is 16.7 Å². The molecule has 0 radical (unpaired) electrons. The van der Waals surface area contributed by atoms with Crippen LogP contribution >= 0.6 is 0 Å². The Morgan fingerprint density at radius 2 is 1.29 bits per heavy atom. The Kier molecular flexibility index (Phi) is 7.02. The molecule has 3 heteroatoms. The molecule has 1 saturated carbocycles. The van der Waals surface area contributed by atoms with E-state index in [0.29, 0.717) is 18.7 Å². The average molecular weight is 378 g/mol. The first-order chi connectivity index (χ1) is 13.5. The van der Waals surface area contributed by atoms with Gasteiger partial charge in [0, 0.05) is 24.8 Å². The van der Waals surface area contributed by atoms with Crippen molar-refractivity contribution in [3.05, 3.63) is 70.8 Å². The summed E-state index contributed by atoms with van der Waals surface area (Å²) in [5, 5.41) is 3.06. The molecule has 0 spiro atoms. The number of benzene rings is 2. The number of amides is 1. The molecule has 3 rings (SSSR count). The van der Waals surface area contributed by atoms with Gasteiger partial charge >= 0.3 is 0 Å². The summed E-state index contributed by atoms with van der Waals surface area (Å²) < 4.78 is 0. The van der Waals surface area contributed by atoms with Gasteiger partial charge in [-0.15, -0.1) is 0 Å². The van der Waals surface area contributed by atoms with Crippen molar-refractivity contribution in [3.8, 4) is 0 Å². The zero-order chi connectivity index (χ0) is 19.9. The van der Waals surface area contributed by atoms with Crippen LogP contribution < -0.4 is 5.32 Å². The van der Waals surface area contributed by atoms with Gasteiger partial charge in [0.2, 0.25) is 5.91 Å². The molecule has 0 aromatic heterocycles. The number of hydrogen-bond donors (Lipinski definition) is 1. The lowest BCUT2D eigenvalue weighted by Crippen LogP contribution is -2.34. The summed E-state index contributed by atoms with van der Waals surface area (Å²) in [5.74, 6) is 0.670. The molecule has 1 N–H and O–H groups in total. The van der Waals surface area contributed by atoms with E-state index in [4.69, 9.17) is 0 Å². The van der Waals surface area contributed by atoms with Crippen LogP contribution in [0.5, 0.6) is 0 Å². The minimum Gasteiger partial charge on any atom is -0.352 e.